The molecule has 39 nitrogen and oxygen atoms in total. The van der Waals surface area contributed by atoms with E-state index in [1.54, 1.807) is 44.2 Å². The lowest BCUT2D eigenvalue weighted by molar-refractivity contribution is -0.143. The van der Waals surface area contributed by atoms with Crippen molar-refractivity contribution in [1.82, 2.24) is 58.5 Å². The Bertz CT molecular complexity index is 3200. The molecule has 40 heteroatoms. The van der Waals surface area contributed by atoms with Gasteiger partial charge in [0.25, 0.3) is 0 Å². The first-order chi connectivity index (χ1) is 48.1. The predicted molar refractivity (Wildman–Crippen MR) is 366 cm³/mol. The molecular weight excluding hydrogens is 1380 g/mol. The van der Waals surface area contributed by atoms with Gasteiger partial charge in [-0.05, 0) is 74.8 Å². The molecule has 1 aromatic carbocycles. The maximum Gasteiger partial charge on any atom is 0.326 e. The number of hydrogen-bond donors (Lipinski definition) is 20. The van der Waals surface area contributed by atoms with Crippen LogP contribution >= 0.6 is 0 Å². The third-order valence-electron chi connectivity index (χ3n) is 15.4. The van der Waals surface area contributed by atoms with Gasteiger partial charge >= 0.3 is 17.9 Å². The van der Waals surface area contributed by atoms with Crippen LogP contribution in [0.4, 0.5) is 0 Å². The van der Waals surface area contributed by atoms with Gasteiger partial charge in [0.15, 0.2) is 0 Å². The van der Waals surface area contributed by atoms with Gasteiger partial charge in [0.1, 0.15) is 66.5 Å². The minimum absolute atomic E-state index is 0.146. The maximum absolute atomic E-state index is 14.4. The monoisotopic (exact) mass is 1480 g/mol. The highest BCUT2D eigenvalue weighted by atomic mass is 32.2. The summed E-state index contributed by atoms with van der Waals surface area (Å²) in [7, 11) is -1.70. The van der Waals surface area contributed by atoms with Crippen LogP contribution in [0.2, 0.25) is 0 Å². The molecule has 0 aliphatic carbocycles. The largest absolute Gasteiger partial charge is 0.481 e. The lowest BCUT2D eigenvalue weighted by Crippen LogP contribution is -2.62. The molecule has 26 N–H and O–H groups in total. The quantitative estimate of drug-likeness (QED) is 0.0270. The van der Waals surface area contributed by atoms with Crippen molar-refractivity contribution < 1.29 is 106 Å². The molecule has 0 spiro atoms. The van der Waals surface area contributed by atoms with Crippen LogP contribution in [0.25, 0.3) is 0 Å². The standard InChI is InChI=1S/C63H101N17O22S/c1-30(2)25-39(75-59(96)41(28-47(69)84)77-61(98)50(31(3)4)79-56(93)36(17-20-45(67)82)72-58(95)40(27-46(68)83)74-52(89)34(65)15-11-12-23-64)57(94)73-38(22-24-103(7)102)55(92)70-35(16-19-44(66)81)53(90)71-37(18-21-48(85)86)54(91)76-42(29-49(87)88)60(97)80-51(32(5)6)62(99)78-43(63(100)101)26-33-13-9-8-10-14-33/h8-10,13-14,30-32,34-43,50-51H,11-12,15-29,64-65H2,1-7H3,(H2,66,81)(H2,67,82)(H2,68,83)(H2,69,84)(H,70,92)(H,71,90)(H,72,95)(H,73,94)(H,74,89)(H,75,96)(H,76,91)(H,77,98)(H,78,99)(H,79,93)(H,80,97)(H,85,86)(H,87,88)(H,100,101)/t34-,35-,36-,37-,38-,39-,40-,41-,42-,43-,50-,51-,103?/m0/s1. The Morgan fingerprint density at radius 1 is 0.398 bits per heavy atom. The summed E-state index contributed by atoms with van der Waals surface area (Å²) < 4.78 is 12.5. The van der Waals surface area contributed by atoms with Gasteiger partial charge in [-0.25, -0.2) is 4.79 Å². The van der Waals surface area contributed by atoms with Crippen LogP contribution in [0.1, 0.15) is 137 Å². The number of carbonyl (C=O) groups excluding carboxylic acids is 15. The van der Waals surface area contributed by atoms with E-state index in [1.807, 2.05) is 0 Å². The van der Waals surface area contributed by atoms with Crippen molar-refractivity contribution in [2.45, 2.75) is 210 Å². The smallest absolute Gasteiger partial charge is 0.326 e. The number of amides is 15. The third-order valence-corrected chi connectivity index (χ3v) is 16.2. The Kier molecular flexibility index (Phi) is 40.8. The first-order valence-corrected chi connectivity index (χ1v) is 34.7. The summed E-state index contributed by atoms with van der Waals surface area (Å²) in [4.78, 5) is 238. The zero-order valence-corrected chi connectivity index (χ0v) is 59.4. The van der Waals surface area contributed by atoms with Crippen LogP contribution in [0.15, 0.2) is 30.3 Å². The second-order valence-electron chi connectivity index (χ2n) is 25.5. The zero-order chi connectivity index (χ0) is 78.5. The molecule has 15 amide bonds. The fraction of sp³-hybridized carbons (Fsp3) is 0.619. The summed E-state index contributed by atoms with van der Waals surface area (Å²) in [6.07, 6.45) is -5.44. The minimum Gasteiger partial charge on any atom is -0.481 e. The fourth-order valence-corrected chi connectivity index (χ4v) is 10.4. The summed E-state index contributed by atoms with van der Waals surface area (Å²) in [5.41, 5.74) is 33.6. The zero-order valence-electron chi connectivity index (χ0n) is 58.5. The molecular formula is C63H101N17O22S. The molecule has 0 aliphatic rings. The molecule has 1 aromatic rings. The molecule has 0 saturated carbocycles. The lowest BCUT2D eigenvalue weighted by Gasteiger charge is -2.29. The number of carbonyl (C=O) groups is 18. The Morgan fingerprint density at radius 3 is 1.13 bits per heavy atom. The van der Waals surface area contributed by atoms with Gasteiger partial charge in [-0.15, -0.1) is 0 Å². The van der Waals surface area contributed by atoms with Gasteiger partial charge in [0.05, 0.1) is 25.3 Å². The highest BCUT2D eigenvalue weighted by Gasteiger charge is 2.39. The molecule has 0 saturated heterocycles. The van der Waals surface area contributed by atoms with E-state index in [1.165, 1.54) is 34.0 Å². The first kappa shape index (κ1) is 90.8. The van der Waals surface area contributed by atoms with E-state index >= 15 is 0 Å². The molecule has 576 valence electrons. The average Bonchev–Trinajstić information content (AvgIpc) is 0.856. The van der Waals surface area contributed by atoms with Crippen molar-refractivity contribution in [3.05, 3.63) is 35.9 Å². The van der Waals surface area contributed by atoms with Crippen molar-refractivity contribution in [3.63, 3.8) is 0 Å². The number of carboxylic acid groups (broad SMARTS) is 3. The second kappa shape index (κ2) is 46.3. The van der Waals surface area contributed by atoms with Crippen molar-refractivity contribution in [2.24, 2.45) is 52.2 Å². The molecule has 0 heterocycles. The number of unbranched alkanes of at least 4 members (excludes halogenated alkanes) is 1. The minimum atomic E-state index is -2.06. The van der Waals surface area contributed by atoms with Crippen LogP contribution in [0, 0.1) is 17.8 Å². The highest BCUT2D eigenvalue weighted by Crippen LogP contribution is 2.14. The molecule has 0 fully saturated rings. The third kappa shape index (κ3) is 36.3. The lowest BCUT2D eigenvalue weighted by atomic mass is 10.00. The van der Waals surface area contributed by atoms with Crippen molar-refractivity contribution >= 4 is 117 Å². The summed E-state index contributed by atoms with van der Waals surface area (Å²) >= 11 is 0. The number of benzene rings is 1. The van der Waals surface area contributed by atoms with Crippen LogP contribution < -0.4 is 92.9 Å². The Morgan fingerprint density at radius 2 is 0.748 bits per heavy atom. The first-order valence-electron chi connectivity index (χ1n) is 33.0. The maximum atomic E-state index is 14.4. The van der Waals surface area contributed by atoms with Gasteiger partial charge in [-0.1, -0.05) is 78.3 Å². The van der Waals surface area contributed by atoms with Crippen LogP contribution in [-0.4, -0.2) is 217 Å². The van der Waals surface area contributed by atoms with E-state index < -0.39 is 272 Å². The van der Waals surface area contributed by atoms with E-state index in [0.29, 0.717) is 24.9 Å². The molecule has 0 aliphatic heterocycles. The van der Waals surface area contributed by atoms with Gasteiger partial charge < -0.3 is 108 Å². The number of aliphatic carboxylic acids is 3. The van der Waals surface area contributed by atoms with Gasteiger partial charge in [0.2, 0.25) is 88.6 Å². The molecule has 1 rings (SSSR count). The van der Waals surface area contributed by atoms with Gasteiger partial charge in [0, 0.05) is 48.5 Å². The van der Waals surface area contributed by atoms with E-state index in [0.717, 1.165) is 0 Å². The number of hydrogen-bond acceptors (Lipinski definition) is 21. The summed E-state index contributed by atoms with van der Waals surface area (Å²) in [6, 6.07) is -12.4. The van der Waals surface area contributed by atoms with Crippen LogP contribution in [0.5, 0.6) is 0 Å². The number of nitrogens with two attached hydrogens (primary N) is 6. The van der Waals surface area contributed by atoms with E-state index in [-0.39, 0.29) is 25.0 Å². The Balaban J connectivity index is 3.66. The number of carboxylic acids is 3. The van der Waals surface area contributed by atoms with Crippen molar-refractivity contribution in [1.29, 1.82) is 0 Å². The Hall–Kier alpha value is -10.3. The fourth-order valence-electron chi connectivity index (χ4n) is 9.81. The van der Waals surface area contributed by atoms with Crippen molar-refractivity contribution in [2.75, 3.05) is 18.6 Å². The van der Waals surface area contributed by atoms with E-state index in [4.69, 9.17) is 34.4 Å². The highest BCUT2D eigenvalue weighted by molar-refractivity contribution is 7.84. The normalized spacial score (nSPS) is 14.9. The van der Waals surface area contributed by atoms with E-state index in [2.05, 4.69) is 58.5 Å². The number of rotatable bonds is 51. The molecule has 0 bridgehead atoms. The Labute approximate surface area is 596 Å². The van der Waals surface area contributed by atoms with E-state index in [9.17, 15) is 106 Å². The van der Waals surface area contributed by atoms with Crippen LogP contribution in [0.3, 0.4) is 0 Å². The molecule has 13 atom stereocenters. The SMILES string of the molecule is CC(C)C[C@H](NC(=O)[C@H](CC(N)=O)NC(=O)[C@@H](NC(=O)[C@H](CCC(N)=O)NC(=O)[C@H](CC(N)=O)NC(=O)[C@@H](N)CCCCN)C(C)C)C(=O)N[C@@H](CCS(C)=O)C(=O)N[C@@H](CCC(N)=O)C(=O)N[C@@H](CCC(=O)O)C(=O)N[C@@H](CC(=O)O)C(=O)N[C@H](C(=O)N[C@@H](Cc1ccccc1)C(=O)O)C(C)C. The van der Waals surface area contributed by atoms with Gasteiger partial charge in [-0.3, -0.25) is 85.7 Å². The summed E-state index contributed by atoms with van der Waals surface area (Å²) in [5, 5.41) is 54.8. The van der Waals surface area contributed by atoms with Crippen molar-refractivity contribution in [3.8, 4) is 0 Å². The number of nitrogens with one attached hydrogen (secondary N) is 11. The molecule has 1 unspecified atom stereocenters. The summed E-state index contributed by atoms with van der Waals surface area (Å²) in [6.45, 7) is 9.31. The van der Waals surface area contributed by atoms with Gasteiger partial charge in [-0.2, -0.15) is 0 Å². The molecule has 103 heavy (non-hydrogen) atoms. The van der Waals surface area contributed by atoms with Crippen LogP contribution in [-0.2, 0) is 104 Å². The molecule has 0 radical (unpaired) electrons. The predicted octanol–water partition coefficient (Wildman–Crippen LogP) is -7.15. The topological polar surface area (TPSA) is 673 Å². The second-order valence-corrected chi connectivity index (χ2v) is 27.1. The summed E-state index contributed by atoms with van der Waals surface area (Å²) in [5.74, 6) is -24.2. The molecule has 0 aromatic heterocycles. The number of primary amides is 4. The average molecular weight is 1480 g/mol.